The van der Waals surface area contributed by atoms with Crippen molar-refractivity contribution >= 4 is 28.5 Å². The van der Waals surface area contributed by atoms with Gasteiger partial charge in [0.15, 0.2) is 0 Å². The Morgan fingerprint density at radius 2 is 2.03 bits per heavy atom. The smallest absolute Gasteiger partial charge is 0.126 e. The van der Waals surface area contributed by atoms with Crippen molar-refractivity contribution in [1.82, 2.24) is 14.5 Å². The lowest BCUT2D eigenvalue weighted by molar-refractivity contribution is 0.196. The Morgan fingerprint density at radius 3 is 2.83 bits per heavy atom. The zero-order chi connectivity index (χ0) is 21.1. The maximum Gasteiger partial charge on any atom is 0.126 e. The van der Waals surface area contributed by atoms with Gasteiger partial charge in [-0.05, 0) is 41.5 Å². The molecular weight excluding hydrogens is 405 g/mol. The van der Waals surface area contributed by atoms with Gasteiger partial charge in [0.05, 0.1) is 28.5 Å². The second-order valence-corrected chi connectivity index (χ2v) is 7.43. The number of halogens is 2. The molecule has 1 unspecified atom stereocenters. The molecule has 0 spiro atoms. The minimum atomic E-state index is -0.653. The van der Waals surface area contributed by atoms with Gasteiger partial charge >= 0.3 is 0 Å². The number of aliphatic hydroxyl groups excluding tert-OH is 1. The fourth-order valence-electron chi connectivity index (χ4n) is 3.24. The molecular formula is C22H21ClFN5O. The third kappa shape index (κ3) is 4.43. The molecule has 8 heteroatoms. The Balaban J connectivity index is 1.66. The van der Waals surface area contributed by atoms with Gasteiger partial charge in [-0.25, -0.2) is 14.4 Å². The van der Waals surface area contributed by atoms with Gasteiger partial charge in [-0.15, -0.1) is 0 Å². The van der Waals surface area contributed by atoms with Crippen LogP contribution in [0.2, 0.25) is 5.02 Å². The molecule has 0 radical (unpaired) electrons. The van der Waals surface area contributed by atoms with Crippen molar-refractivity contribution in [2.24, 2.45) is 5.73 Å². The van der Waals surface area contributed by atoms with Gasteiger partial charge in [-0.3, -0.25) is 0 Å². The van der Waals surface area contributed by atoms with Crippen molar-refractivity contribution in [2.45, 2.75) is 12.6 Å². The molecule has 4 N–H and O–H groups in total. The second-order valence-electron chi connectivity index (χ2n) is 7.03. The number of pyridine rings is 1. The average molecular weight is 426 g/mol. The molecule has 0 bridgehead atoms. The topological polar surface area (TPSA) is 89.0 Å². The zero-order valence-electron chi connectivity index (χ0n) is 16.1. The molecule has 4 rings (SSSR count). The molecule has 6 nitrogen and oxygen atoms in total. The number of anilines is 1. The van der Waals surface area contributed by atoms with Crippen LogP contribution in [-0.2, 0) is 6.54 Å². The number of aromatic nitrogens is 3. The summed E-state index contributed by atoms with van der Waals surface area (Å²) in [5, 5.41) is 13.2. The first-order valence-corrected chi connectivity index (χ1v) is 9.88. The van der Waals surface area contributed by atoms with E-state index < -0.39 is 6.10 Å². The van der Waals surface area contributed by atoms with E-state index in [4.69, 9.17) is 17.3 Å². The van der Waals surface area contributed by atoms with E-state index in [9.17, 15) is 9.50 Å². The summed E-state index contributed by atoms with van der Waals surface area (Å²) in [5.41, 5.74) is 9.75. The number of imidazole rings is 1. The Hall–Kier alpha value is -3.00. The number of fused-ring (bicyclic) bond motifs is 1. The minimum Gasteiger partial charge on any atom is -0.390 e. The van der Waals surface area contributed by atoms with Crippen LogP contribution in [0.25, 0.3) is 22.2 Å². The highest BCUT2D eigenvalue weighted by Gasteiger charge is 2.11. The third-order valence-electron chi connectivity index (χ3n) is 4.82. The lowest BCUT2D eigenvalue weighted by Gasteiger charge is -2.12. The lowest BCUT2D eigenvalue weighted by atomic mass is 10.1. The van der Waals surface area contributed by atoms with E-state index in [-0.39, 0.29) is 12.4 Å². The molecule has 30 heavy (non-hydrogen) atoms. The van der Waals surface area contributed by atoms with Gasteiger partial charge in [0.2, 0.25) is 0 Å². The summed E-state index contributed by atoms with van der Waals surface area (Å²) in [5.74, 6) is 0.330. The van der Waals surface area contributed by atoms with E-state index in [1.807, 2.05) is 34.9 Å². The van der Waals surface area contributed by atoms with Crippen molar-refractivity contribution in [3.05, 3.63) is 77.5 Å². The van der Waals surface area contributed by atoms with Gasteiger partial charge in [0.25, 0.3) is 0 Å². The van der Waals surface area contributed by atoms with Crippen LogP contribution in [0.4, 0.5) is 10.2 Å². The summed E-state index contributed by atoms with van der Waals surface area (Å²) in [6.07, 6.45) is 2.66. The van der Waals surface area contributed by atoms with Crippen LogP contribution in [-0.4, -0.2) is 38.8 Å². The predicted molar refractivity (Wildman–Crippen MR) is 117 cm³/mol. The van der Waals surface area contributed by atoms with E-state index >= 15 is 0 Å². The lowest BCUT2D eigenvalue weighted by Crippen LogP contribution is -2.28. The largest absolute Gasteiger partial charge is 0.390 e. The SMILES string of the molecule is NCC(O)CNc1cc(-c2ccc3ncn(Cc4cccc(F)c4)c3c2)c(Cl)cn1. The summed E-state index contributed by atoms with van der Waals surface area (Å²) in [6, 6.07) is 14.2. The van der Waals surface area contributed by atoms with E-state index in [0.717, 1.165) is 27.7 Å². The molecule has 0 fully saturated rings. The highest BCUT2D eigenvalue weighted by Crippen LogP contribution is 2.31. The molecule has 0 aliphatic heterocycles. The maximum atomic E-state index is 13.5. The number of hydrogen-bond acceptors (Lipinski definition) is 5. The van der Waals surface area contributed by atoms with Crippen LogP contribution in [0.3, 0.4) is 0 Å². The maximum absolute atomic E-state index is 13.5. The summed E-state index contributed by atoms with van der Waals surface area (Å²) in [7, 11) is 0. The third-order valence-corrected chi connectivity index (χ3v) is 5.12. The van der Waals surface area contributed by atoms with E-state index in [0.29, 0.717) is 23.9 Å². The van der Waals surface area contributed by atoms with Crippen molar-refractivity contribution < 1.29 is 9.50 Å². The first-order valence-electron chi connectivity index (χ1n) is 9.51. The Bertz CT molecular complexity index is 1180. The number of hydrogen-bond donors (Lipinski definition) is 3. The fraction of sp³-hybridized carbons (Fsp3) is 0.182. The summed E-state index contributed by atoms with van der Waals surface area (Å²) in [6.45, 7) is 0.967. The Morgan fingerprint density at radius 1 is 1.17 bits per heavy atom. The van der Waals surface area contributed by atoms with Crippen LogP contribution in [0.15, 0.2) is 61.1 Å². The second kappa shape index (κ2) is 8.79. The number of nitrogens with two attached hydrogens (primary N) is 1. The summed E-state index contributed by atoms with van der Waals surface area (Å²) < 4.78 is 15.5. The molecule has 1 atom stereocenters. The van der Waals surface area contributed by atoms with E-state index in [1.165, 1.54) is 12.1 Å². The molecule has 0 aliphatic rings. The van der Waals surface area contributed by atoms with Crippen molar-refractivity contribution in [1.29, 1.82) is 0 Å². The first kappa shape index (κ1) is 20.3. The number of aliphatic hydroxyl groups is 1. The Kier molecular flexibility index (Phi) is 5.94. The molecule has 0 saturated heterocycles. The van der Waals surface area contributed by atoms with Gasteiger partial charge in [-0.1, -0.05) is 29.8 Å². The van der Waals surface area contributed by atoms with Crippen molar-refractivity contribution in [3.63, 3.8) is 0 Å². The van der Waals surface area contributed by atoms with Crippen molar-refractivity contribution in [3.8, 4) is 11.1 Å². The first-order chi connectivity index (χ1) is 14.5. The van der Waals surface area contributed by atoms with Crippen LogP contribution in [0.5, 0.6) is 0 Å². The van der Waals surface area contributed by atoms with Crippen LogP contribution >= 0.6 is 11.6 Å². The fourth-order valence-corrected chi connectivity index (χ4v) is 3.46. The normalized spacial score (nSPS) is 12.3. The highest BCUT2D eigenvalue weighted by molar-refractivity contribution is 6.33. The highest BCUT2D eigenvalue weighted by atomic mass is 35.5. The molecule has 0 amide bonds. The van der Waals surface area contributed by atoms with Gasteiger partial charge in [0.1, 0.15) is 11.6 Å². The van der Waals surface area contributed by atoms with E-state index in [1.54, 1.807) is 18.6 Å². The monoisotopic (exact) mass is 425 g/mol. The van der Waals surface area contributed by atoms with E-state index in [2.05, 4.69) is 15.3 Å². The zero-order valence-corrected chi connectivity index (χ0v) is 16.9. The van der Waals surface area contributed by atoms with Gasteiger partial charge < -0.3 is 20.7 Å². The van der Waals surface area contributed by atoms with Crippen LogP contribution in [0.1, 0.15) is 5.56 Å². The average Bonchev–Trinajstić information content (AvgIpc) is 3.15. The van der Waals surface area contributed by atoms with Crippen LogP contribution < -0.4 is 11.1 Å². The van der Waals surface area contributed by atoms with Crippen molar-refractivity contribution in [2.75, 3.05) is 18.4 Å². The quantitative estimate of drug-likeness (QED) is 0.420. The molecule has 0 aliphatic carbocycles. The Labute approximate surface area is 178 Å². The van der Waals surface area contributed by atoms with Gasteiger partial charge in [-0.2, -0.15) is 0 Å². The molecule has 154 valence electrons. The standard InChI is InChI=1S/C22H21ClFN5O/c23-19-11-27-22(26-10-17(30)9-25)8-18(19)15-4-5-20-21(7-15)29(13-28-20)12-14-2-1-3-16(24)6-14/h1-8,11,13,17,30H,9-10,12,25H2,(H,26,27). The van der Waals surface area contributed by atoms with Crippen LogP contribution in [0, 0.1) is 5.82 Å². The molecule has 2 aromatic carbocycles. The molecule has 2 heterocycles. The minimum absolute atomic E-state index is 0.166. The number of benzene rings is 2. The summed E-state index contributed by atoms with van der Waals surface area (Å²) in [4.78, 5) is 8.70. The van der Waals surface area contributed by atoms with Gasteiger partial charge in [0, 0.05) is 31.4 Å². The number of rotatable bonds is 7. The molecule has 4 aromatic rings. The molecule has 0 saturated carbocycles. The number of nitrogens with zero attached hydrogens (tertiary/aromatic N) is 3. The number of nitrogens with one attached hydrogen (secondary N) is 1. The predicted octanol–water partition coefficient (Wildman–Crippen LogP) is 3.67. The summed E-state index contributed by atoms with van der Waals surface area (Å²) >= 11 is 6.41. The molecule has 2 aromatic heterocycles.